The monoisotopic (exact) mass is 765 g/mol. The number of benzene rings is 3. The van der Waals surface area contributed by atoms with Crippen LogP contribution in [0.25, 0.3) is 6.08 Å². The van der Waals surface area contributed by atoms with Gasteiger partial charge < -0.3 is 34.1 Å². The van der Waals surface area contributed by atoms with Gasteiger partial charge in [0.2, 0.25) is 11.7 Å². The van der Waals surface area contributed by atoms with Crippen molar-refractivity contribution in [1.82, 2.24) is 5.32 Å². The van der Waals surface area contributed by atoms with Crippen LogP contribution in [0, 0.1) is 0 Å². The van der Waals surface area contributed by atoms with E-state index in [0.29, 0.717) is 16.7 Å². The molecule has 14 heteroatoms. The first-order valence-corrected chi connectivity index (χ1v) is 17.6. The number of halogens is 3. The van der Waals surface area contributed by atoms with Gasteiger partial charge in [0.15, 0.2) is 6.61 Å². The molecule has 11 nitrogen and oxygen atoms in total. The van der Waals surface area contributed by atoms with Crippen LogP contribution in [-0.2, 0) is 43.9 Å². The number of nitrogens with one attached hydrogen (secondary N) is 1. The molecule has 1 saturated heterocycles. The van der Waals surface area contributed by atoms with Crippen molar-refractivity contribution in [2.75, 3.05) is 13.2 Å². The van der Waals surface area contributed by atoms with Crippen LogP contribution in [0.4, 0.5) is 13.2 Å². The van der Waals surface area contributed by atoms with Crippen LogP contribution in [0.15, 0.2) is 103 Å². The summed E-state index contributed by atoms with van der Waals surface area (Å²) in [5.41, 5.74) is 1.33. The van der Waals surface area contributed by atoms with Crippen molar-refractivity contribution in [3.8, 4) is 0 Å². The number of hydrogen-bond acceptors (Lipinski definition) is 10. The maximum Gasteiger partial charge on any atom is 0.422 e. The molecule has 0 spiro atoms. The van der Waals surface area contributed by atoms with E-state index >= 15 is 0 Å². The summed E-state index contributed by atoms with van der Waals surface area (Å²) in [6, 6.07) is 23.3. The number of ether oxygens (including phenoxy) is 5. The topological polar surface area (TPSA) is 147 Å². The van der Waals surface area contributed by atoms with E-state index in [1.54, 1.807) is 26.8 Å². The van der Waals surface area contributed by atoms with E-state index in [2.05, 4.69) is 10.1 Å². The number of rotatable bonds is 13. The van der Waals surface area contributed by atoms with E-state index in [9.17, 15) is 37.5 Å². The highest BCUT2D eigenvalue weighted by molar-refractivity contribution is 5.94. The molecule has 1 heterocycles. The third kappa shape index (κ3) is 11.1. The van der Waals surface area contributed by atoms with Crippen LogP contribution in [0.1, 0.15) is 67.1 Å². The minimum atomic E-state index is -4.66. The Hall–Kier alpha value is -5.31. The fourth-order valence-electron chi connectivity index (χ4n) is 6.06. The molecule has 0 bridgehead atoms. The smallest absolute Gasteiger partial charge is 0.422 e. The third-order valence-electron chi connectivity index (χ3n) is 8.55. The fourth-order valence-corrected chi connectivity index (χ4v) is 6.06. The molecule has 4 atom stereocenters. The molecule has 0 radical (unpaired) electrons. The van der Waals surface area contributed by atoms with Gasteiger partial charge >= 0.3 is 24.1 Å². The Morgan fingerprint density at radius 1 is 0.927 bits per heavy atom. The molecular weight excluding hydrogens is 723 g/mol. The molecule has 1 amide bonds. The number of carbonyl (C=O) groups excluding carboxylic acids is 4. The first-order chi connectivity index (χ1) is 26.0. The van der Waals surface area contributed by atoms with Gasteiger partial charge in [0.25, 0.3) is 0 Å². The number of carbonyl (C=O) groups is 4. The van der Waals surface area contributed by atoms with Crippen molar-refractivity contribution in [2.24, 2.45) is 0 Å². The lowest BCUT2D eigenvalue weighted by Crippen LogP contribution is -2.45. The highest BCUT2D eigenvalue weighted by Crippen LogP contribution is 2.47. The van der Waals surface area contributed by atoms with Crippen molar-refractivity contribution in [3.05, 3.63) is 125 Å². The number of esters is 3. The molecule has 292 valence electrons. The Kier molecular flexibility index (Phi) is 13.0. The molecule has 1 aliphatic carbocycles. The molecule has 5 rings (SSSR count). The van der Waals surface area contributed by atoms with Crippen LogP contribution in [0.2, 0.25) is 0 Å². The van der Waals surface area contributed by atoms with Gasteiger partial charge in [0.1, 0.15) is 23.9 Å². The molecule has 1 aliphatic heterocycles. The van der Waals surface area contributed by atoms with Crippen LogP contribution < -0.4 is 5.32 Å². The predicted octanol–water partition coefficient (Wildman–Crippen LogP) is 5.95. The van der Waals surface area contributed by atoms with Gasteiger partial charge in [-0.3, -0.25) is 9.59 Å². The lowest BCUT2D eigenvalue weighted by atomic mass is 9.91. The Labute approximate surface area is 316 Å². The van der Waals surface area contributed by atoms with E-state index in [-0.39, 0.29) is 30.4 Å². The van der Waals surface area contributed by atoms with Crippen molar-refractivity contribution >= 4 is 29.9 Å². The number of hydrogen-bond donors (Lipinski definition) is 2. The maximum absolute atomic E-state index is 13.7. The number of amides is 1. The second kappa shape index (κ2) is 17.4. The number of aliphatic hydroxyl groups is 1. The standard InChI is InChI=1S/C41H42F3NO10/c1-39(2,3)54-35(48)21-19-31(24-46)45-37(49)28-22-32(52-38(50)27-17-14-26(15-18-27)16-20-34(47)51-25-40(42,43)44)36-33(23-28)53-41(55-36,29-10-6-4-7-11-29)30-12-8-5-9-13-30/h4-18,20,23,31-33,36,46H,19,21-22,24-25H2,1-3H3,(H,45,49). The van der Waals surface area contributed by atoms with Crippen molar-refractivity contribution in [3.63, 3.8) is 0 Å². The molecule has 0 aromatic heterocycles. The zero-order valence-electron chi connectivity index (χ0n) is 30.4. The SMILES string of the molecule is CC(C)(C)OC(=O)CCC(CO)NC(=O)C1=CC2OC(c3ccccc3)(c3ccccc3)OC2C(OC(=O)c2ccc(C=CC(=O)OCC(F)(F)F)cc2)C1. The van der Waals surface area contributed by atoms with E-state index < -0.39 is 78.9 Å². The summed E-state index contributed by atoms with van der Waals surface area (Å²) < 4.78 is 66.0. The Bertz CT molecular complexity index is 1830. The van der Waals surface area contributed by atoms with Crippen molar-refractivity contribution < 1.29 is 61.1 Å². The molecule has 55 heavy (non-hydrogen) atoms. The van der Waals surface area contributed by atoms with Gasteiger partial charge in [-0.05, 0) is 57.0 Å². The number of alkyl halides is 3. The lowest BCUT2D eigenvalue weighted by Gasteiger charge is -2.31. The van der Waals surface area contributed by atoms with Crippen LogP contribution >= 0.6 is 0 Å². The summed E-state index contributed by atoms with van der Waals surface area (Å²) in [6.45, 7) is 3.05. The Morgan fingerprint density at radius 3 is 2.11 bits per heavy atom. The van der Waals surface area contributed by atoms with Crippen LogP contribution in [0.3, 0.4) is 0 Å². The summed E-state index contributed by atoms with van der Waals surface area (Å²) in [6.07, 6.45) is -3.81. The van der Waals surface area contributed by atoms with E-state index in [1.165, 1.54) is 30.3 Å². The van der Waals surface area contributed by atoms with E-state index in [4.69, 9.17) is 18.9 Å². The molecule has 3 aromatic carbocycles. The molecule has 3 aromatic rings. The fraction of sp³-hybridized carbons (Fsp3) is 0.366. The predicted molar refractivity (Wildman–Crippen MR) is 192 cm³/mol. The largest absolute Gasteiger partial charge is 0.460 e. The van der Waals surface area contributed by atoms with Crippen LogP contribution in [0.5, 0.6) is 0 Å². The second-order valence-corrected chi connectivity index (χ2v) is 14.0. The molecule has 0 saturated carbocycles. The summed E-state index contributed by atoms with van der Waals surface area (Å²) in [4.78, 5) is 51.3. The molecule has 1 fully saturated rings. The molecule has 2 aliphatic rings. The van der Waals surface area contributed by atoms with Gasteiger partial charge in [0, 0.05) is 35.6 Å². The second-order valence-electron chi connectivity index (χ2n) is 14.0. The minimum Gasteiger partial charge on any atom is -0.460 e. The molecular formula is C41H42F3NO10. The number of fused-ring (bicyclic) bond motifs is 1. The normalized spacial score (nSPS) is 19.8. The zero-order chi connectivity index (χ0) is 39.8. The van der Waals surface area contributed by atoms with Crippen molar-refractivity contribution in [2.45, 2.75) is 82.0 Å². The highest BCUT2D eigenvalue weighted by atomic mass is 19.4. The van der Waals surface area contributed by atoms with Crippen LogP contribution in [-0.4, -0.2) is 78.3 Å². The third-order valence-corrected chi connectivity index (χ3v) is 8.55. The Balaban J connectivity index is 1.37. The summed E-state index contributed by atoms with van der Waals surface area (Å²) in [7, 11) is 0. The van der Waals surface area contributed by atoms with Gasteiger partial charge in [-0.25, -0.2) is 9.59 Å². The van der Waals surface area contributed by atoms with E-state index in [0.717, 1.165) is 6.08 Å². The maximum atomic E-state index is 13.7. The average Bonchev–Trinajstić information content (AvgIpc) is 3.56. The highest BCUT2D eigenvalue weighted by Gasteiger charge is 2.55. The quantitative estimate of drug-likeness (QED) is 0.122. The van der Waals surface area contributed by atoms with E-state index in [1.807, 2.05) is 60.7 Å². The Morgan fingerprint density at radius 2 is 1.55 bits per heavy atom. The van der Waals surface area contributed by atoms with Crippen molar-refractivity contribution in [1.29, 1.82) is 0 Å². The van der Waals surface area contributed by atoms with Gasteiger partial charge in [-0.1, -0.05) is 72.8 Å². The first-order valence-electron chi connectivity index (χ1n) is 17.6. The van der Waals surface area contributed by atoms with Gasteiger partial charge in [-0.15, -0.1) is 0 Å². The summed E-state index contributed by atoms with van der Waals surface area (Å²) in [5.74, 6) is -4.44. The number of aliphatic hydroxyl groups excluding tert-OH is 1. The average molecular weight is 766 g/mol. The first kappa shape index (κ1) is 40.9. The summed E-state index contributed by atoms with van der Waals surface area (Å²) in [5, 5.41) is 12.8. The van der Waals surface area contributed by atoms with Gasteiger partial charge in [-0.2, -0.15) is 13.2 Å². The minimum absolute atomic E-state index is 0.0445. The summed E-state index contributed by atoms with van der Waals surface area (Å²) >= 11 is 0. The van der Waals surface area contributed by atoms with Gasteiger partial charge in [0.05, 0.1) is 18.2 Å². The zero-order valence-corrected chi connectivity index (χ0v) is 30.4. The molecule has 4 unspecified atom stereocenters. The molecule has 2 N–H and O–H groups in total. The lowest BCUT2D eigenvalue weighted by molar-refractivity contribution is -0.182.